The van der Waals surface area contributed by atoms with E-state index in [1.54, 1.807) is 22.5 Å². The Bertz CT molecular complexity index is 591. The molecule has 6 heteroatoms. The quantitative estimate of drug-likeness (QED) is 0.886. The van der Waals surface area contributed by atoms with Gasteiger partial charge >= 0.3 is 0 Å². The van der Waals surface area contributed by atoms with Crippen molar-refractivity contribution in [3.63, 3.8) is 0 Å². The minimum Gasteiger partial charge on any atom is -0.316 e. The van der Waals surface area contributed by atoms with Gasteiger partial charge in [-0.3, -0.25) is 0 Å². The number of hydrogen-bond acceptors (Lipinski definition) is 3. The van der Waals surface area contributed by atoms with Gasteiger partial charge < -0.3 is 5.32 Å². The van der Waals surface area contributed by atoms with Gasteiger partial charge in [-0.05, 0) is 55.6 Å². The fraction of sp³-hybridized carbons (Fsp3) is 0.538. The van der Waals surface area contributed by atoms with E-state index in [0.29, 0.717) is 29.8 Å². The Labute approximate surface area is 122 Å². The highest BCUT2D eigenvalue weighted by molar-refractivity contribution is 9.10. The van der Waals surface area contributed by atoms with Crippen molar-refractivity contribution in [1.29, 1.82) is 0 Å². The van der Waals surface area contributed by atoms with Crippen LogP contribution in [0, 0.1) is 18.8 Å². The number of halogens is 1. The van der Waals surface area contributed by atoms with E-state index in [1.807, 2.05) is 6.92 Å². The molecule has 0 unspecified atom stereocenters. The van der Waals surface area contributed by atoms with Gasteiger partial charge in [-0.25, -0.2) is 8.42 Å². The molecule has 2 aliphatic heterocycles. The monoisotopic (exact) mass is 344 g/mol. The van der Waals surface area contributed by atoms with Crippen LogP contribution < -0.4 is 5.32 Å². The summed E-state index contributed by atoms with van der Waals surface area (Å²) >= 11 is 3.40. The number of hydrogen-bond donors (Lipinski definition) is 1. The maximum absolute atomic E-state index is 12.6. The van der Waals surface area contributed by atoms with E-state index in [0.717, 1.165) is 23.1 Å². The number of rotatable bonds is 2. The number of aryl methyl sites for hydroxylation is 1. The fourth-order valence-electron chi connectivity index (χ4n) is 2.94. The summed E-state index contributed by atoms with van der Waals surface area (Å²) in [6, 6.07) is 5.23. The summed E-state index contributed by atoms with van der Waals surface area (Å²) < 4.78 is 27.8. The van der Waals surface area contributed by atoms with Crippen molar-refractivity contribution in [2.45, 2.75) is 11.8 Å². The second-order valence-corrected chi connectivity index (χ2v) is 8.20. The minimum absolute atomic E-state index is 0.404. The Morgan fingerprint density at radius 2 is 1.89 bits per heavy atom. The maximum Gasteiger partial charge on any atom is 0.243 e. The molecule has 0 saturated carbocycles. The van der Waals surface area contributed by atoms with Gasteiger partial charge in [0, 0.05) is 17.6 Å². The molecule has 1 aromatic carbocycles. The third kappa shape index (κ3) is 2.35. The third-order valence-corrected chi connectivity index (χ3v) is 6.84. The van der Waals surface area contributed by atoms with Gasteiger partial charge in [0.25, 0.3) is 0 Å². The summed E-state index contributed by atoms with van der Waals surface area (Å²) in [7, 11) is -3.34. The van der Waals surface area contributed by atoms with Gasteiger partial charge in [0.1, 0.15) is 0 Å². The molecular weight excluding hydrogens is 328 g/mol. The van der Waals surface area contributed by atoms with Crippen LogP contribution in [0.1, 0.15) is 5.56 Å². The standard InChI is InChI=1S/C13H17BrN2O2S/c1-9-4-12(2-3-13(9)14)19(17,18)16-7-10-5-15-6-11(10)8-16/h2-4,10-11,15H,5-8H2,1H3/t10-,11+. The average molecular weight is 345 g/mol. The molecule has 0 aliphatic carbocycles. The number of sulfonamides is 1. The van der Waals surface area contributed by atoms with Crippen molar-refractivity contribution in [2.24, 2.45) is 11.8 Å². The molecule has 2 heterocycles. The van der Waals surface area contributed by atoms with Gasteiger partial charge in [-0.2, -0.15) is 4.31 Å². The van der Waals surface area contributed by atoms with Gasteiger partial charge in [-0.1, -0.05) is 15.9 Å². The lowest BCUT2D eigenvalue weighted by Crippen LogP contribution is -2.32. The van der Waals surface area contributed by atoms with Crippen LogP contribution in [0.3, 0.4) is 0 Å². The zero-order valence-electron chi connectivity index (χ0n) is 10.8. The van der Waals surface area contributed by atoms with Crippen molar-refractivity contribution in [1.82, 2.24) is 9.62 Å². The van der Waals surface area contributed by atoms with E-state index in [-0.39, 0.29) is 0 Å². The number of nitrogens with one attached hydrogen (secondary N) is 1. The molecule has 19 heavy (non-hydrogen) atoms. The second-order valence-electron chi connectivity index (χ2n) is 5.41. The lowest BCUT2D eigenvalue weighted by molar-refractivity contribution is 0.448. The van der Waals surface area contributed by atoms with Gasteiger partial charge in [0.05, 0.1) is 4.90 Å². The van der Waals surface area contributed by atoms with Crippen molar-refractivity contribution < 1.29 is 8.42 Å². The molecule has 0 aromatic heterocycles. The molecule has 2 saturated heterocycles. The molecule has 1 N–H and O–H groups in total. The van der Waals surface area contributed by atoms with Crippen LogP contribution in [-0.4, -0.2) is 38.9 Å². The topological polar surface area (TPSA) is 49.4 Å². The zero-order chi connectivity index (χ0) is 13.6. The predicted molar refractivity (Wildman–Crippen MR) is 77.5 cm³/mol. The summed E-state index contributed by atoms with van der Waals surface area (Å²) in [5.41, 5.74) is 0.946. The smallest absolute Gasteiger partial charge is 0.243 e. The van der Waals surface area contributed by atoms with Gasteiger partial charge in [-0.15, -0.1) is 0 Å². The summed E-state index contributed by atoms with van der Waals surface area (Å²) in [4.78, 5) is 0.404. The molecule has 2 aliphatic rings. The second kappa shape index (κ2) is 4.84. The first-order chi connectivity index (χ1) is 8.98. The van der Waals surface area contributed by atoms with E-state index in [1.165, 1.54) is 0 Å². The highest BCUT2D eigenvalue weighted by atomic mass is 79.9. The van der Waals surface area contributed by atoms with Crippen LogP contribution in [-0.2, 0) is 10.0 Å². The normalized spacial score (nSPS) is 27.7. The molecule has 104 valence electrons. The summed E-state index contributed by atoms with van der Waals surface area (Å²) in [5.74, 6) is 0.956. The Kier molecular flexibility index (Phi) is 3.45. The first kappa shape index (κ1) is 13.5. The van der Waals surface area contributed by atoms with Gasteiger partial charge in [0.15, 0.2) is 0 Å². The largest absolute Gasteiger partial charge is 0.316 e. The number of benzene rings is 1. The van der Waals surface area contributed by atoms with Crippen LogP contribution >= 0.6 is 15.9 Å². The van der Waals surface area contributed by atoms with Crippen molar-refractivity contribution >= 4 is 26.0 Å². The molecule has 0 spiro atoms. The molecule has 2 atom stereocenters. The van der Waals surface area contributed by atoms with E-state index >= 15 is 0 Å². The van der Waals surface area contributed by atoms with Crippen LogP contribution in [0.25, 0.3) is 0 Å². The molecule has 2 fully saturated rings. The highest BCUT2D eigenvalue weighted by Crippen LogP contribution is 2.31. The molecule has 4 nitrogen and oxygen atoms in total. The van der Waals surface area contributed by atoms with Gasteiger partial charge in [0.2, 0.25) is 10.0 Å². The lowest BCUT2D eigenvalue weighted by Gasteiger charge is -2.18. The van der Waals surface area contributed by atoms with Crippen LogP contribution in [0.2, 0.25) is 0 Å². The van der Waals surface area contributed by atoms with Crippen molar-refractivity contribution in [2.75, 3.05) is 26.2 Å². The Hall–Kier alpha value is -0.430. The summed E-state index contributed by atoms with van der Waals surface area (Å²) in [6.45, 7) is 5.09. The fourth-order valence-corrected chi connectivity index (χ4v) is 4.82. The summed E-state index contributed by atoms with van der Waals surface area (Å²) in [6.07, 6.45) is 0. The van der Waals surface area contributed by atoms with Crippen molar-refractivity contribution in [3.05, 3.63) is 28.2 Å². The van der Waals surface area contributed by atoms with Crippen LogP contribution in [0.5, 0.6) is 0 Å². The Morgan fingerprint density at radius 3 is 2.47 bits per heavy atom. The molecule has 0 bridgehead atoms. The minimum atomic E-state index is -3.34. The molecule has 3 rings (SSSR count). The lowest BCUT2D eigenvalue weighted by atomic mass is 10.0. The molecule has 0 radical (unpaired) electrons. The van der Waals surface area contributed by atoms with E-state index in [9.17, 15) is 8.42 Å². The van der Waals surface area contributed by atoms with Crippen LogP contribution in [0.15, 0.2) is 27.6 Å². The highest BCUT2D eigenvalue weighted by Gasteiger charge is 2.41. The van der Waals surface area contributed by atoms with E-state index in [4.69, 9.17) is 0 Å². The zero-order valence-corrected chi connectivity index (χ0v) is 13.2. The molecule has 1 aromatic rings. The first-order valence-corrected chi connectivity index (χ1v) is 8.69. The molecule has 0 amide bonds. The Balaban J connectivity index is 1.88. The third-order valence-electron chi connectivity index (χ3n) is 4.12. The van der Waals surface area contributed by atoms with E-state index < -0.39 is 10.0 Å². The van der Waals surface area contributed by atoms with Crippen LogP contribution in [0.4, 0.5) is 0 Å². The predicted octanol–water partition coefficient (Wildman–Crippen LogP) is 1.60. The molecular formula is C13H17BrN2O2S. The number of fused-ring (bicyclic) bond motifs is 1. The maximum atomic E-state index is 12.6. The SMILES string of the molecule is Cc1cc(S(=O)(=O)N2C[C@H]3CNC[C@H]3C2)ccc1Br. The van der Waals surface area contributed by atoms with Crippen molar-refractivity contribution in [3.8, 4) is 0 Å². The first-order valence-electron chi connectivity index (χ1n) is 6.45. The number of nitrogens with zero attached hydrogens (tertiary/aromatic N) is 1. The Morgan fingerprint density at radius 1 is 1.26 bits per heavy atom. The van der Waals surface area contributed by atoms with E-state index in [2.05, 4.69) is 21.2 Å². The average Bonchev–Trinajstić information content (AvgIpc) is 2.93. The summed E-state index contributed by atoms with van der Waals surface area (Å²) in [5, 5.41) is 3.32.